The van der Waals surface area contributed by atoms with Crippen molar-refractivity contribution in [2.24, 2.45) is 0 Å². The molecule has 24 heavy (non-hydrogen) atoms. The summed E-state index contributed by atoms with van der Waals surface area (Å²) in [5.74, 6) is 0.668. The number of fused-ring (bicyclic) bond motifs is 1. The summed E-state index contributed by atoms with van der Waals surface area (Å²) in [7, 11) is -2.02. The lowest BCUT2D eigenvalue weighted by molar-refractivity contribution is 0.411. The average molecular weight is 344 g/mol. The Labute approximate surface area is 141 Å². The number of hydrogen-bond acceptors (Lipinski definition) is 3. The molecular formula is C18H20N2O3S. The van der Waals surface area contributed by atoms with Crippen LogP contribution in [-0.2, 0) is 16.6 Å². The molecule has 0 spiro atoms. The number of aromatic amines is 1. The van der Waals surface area contributed by atoms with Gasteiger partial charge >= 0.3 is 0 Å². The number of aryl methyl sites for hydroxylation is 2. The Hall–Kier alpha value is -2.31. The van der Waals surface area contributed by atoms with Crippen LogP contribution in [0.2, 0.25) is 0 Å². The predicted octanol–water partition coefficient (Wildman–Crippen LogP) is 3.27. The van der Waals surface area contributed by atoms with Crippen LogP contribution in [0.25, 0.3) is 10.9 Å². The first kappa shape index (κ1) is 16.5. The van der Waals surface area contributed by atoms with Gasteiger partial charge in [-0.3, -0.25) is 0 Å². The summed E-state index contributed by atoms with van der Waals surface area (Å²) < 4.78 is 33.0. The van der Waals surface area contributed by atoms with Crippen LogP contribution in [-0.4, -0.2) is 20.5 Å². The molecule has 0 amide bonds. The fraction of sp³-hybridized carbons (Fsp3) is 0.222. The number of aromatic nitrogens is 1. The van der Waals surface area contributed by atoms with E-state index in [1.165, 1.54) is 0 Å². The standard InChI is InChI=1S/C18H20N2O3S/c1-12-10-14(8-9-18(12)23-3)24(21,22)19-11-16-13(2)20-17-7-5-4-6-15(16)17/h4-10,19-20H,11H2,1-3H3. The van der Waals surface area contributed by atoms with Gasteiger partial charge in [0.25, 0.3) is 0 Å². The minimum atomic E-state index is -3.59. The van der Waals surface area contributed by atoms with Crippen molar-refractivity contribution in [1.29, 1.82) is 0 Å². The van der Waals surface area contributed by atoms with E-state index in [2.05, 4.69) is 9.71 Å². The van der Waals surface area contributed by atoms with E-state index < -0.39 is 10.0 Å². The smallest absolute Gasteiger partial charge is 0.240 e. The highest BCUT2D eigenvalue weighted by atomic mass is 32.2. The molecule has 0 unspecified atom stereocenters. The summed E-state index contributed by atoms with van der Waals surface area (Å²) in [5.41, 5.74) is 3.71. The summed E-state index contributed by atoms with van der Waals surface area (Å²) in [6.45, 7) is 4.01. The zero-order valence-corrected chi connectivity index (χ0v) is 14.7. The Morgan fingerprint density at radius 3 is 2.58 bits per heavy atom. The summed E-state index contributed by atoms with van der Waals surface area (Å²) in [5, 5.41) is 1.03. The molecule has 0 bridgehead atoms. The molecular weight excluding hydrogens is 324 g/mol. The van der Waals surface area contributed by atoms with Crippen LogP contribution in [0.5, 0.6) is 5.75 Å². The van der Waals surface area contributed by atoms with Crippen LogP contribution >= 0.6 is 0 Å². The number of hydrogen-bond donors (Lipinski definition) is 2. The molecule has 126 valence electrons. The Kier molecular flexibility index (Phi) is 4.34. The normalized spacial score (nSPS) is 11.8. The molecule has 6 heteroatoms. The molecule has 0 atom stereocenters. The van der Waals surface area contributed by atoms with E-state index in [0.717, 1.165) is 27.7 Å². The van der Waals surface area contributed by atoms with E-state index in [-0.39, 0.29) is 11.4 Å². The van der Waals surface area contributed by atoms with Crippen LogP contribution < -0.4 is 9.46 Å². The van der Waals surface area contributed by atoms with Crippen molar-refractivity contribution in [2.45, 2.75) is 25.3 Å². The third kappa shape index (κ3) is 3.02. The lowest BCUT2D eigenvalue weighted by Crippen LogP contribution is -2.23. The van der Waals surface area contributed by atoms with Crippen molar-refractivity contribution in [3.05, 3.63) is 59.3 Å². The van der Waals surface area contributed by atoms with Gasteiger partial charge < -0.3 is 9.72 Å². The molecule has 0 radical (unpaired) electrons. The van der Waals surface area contributed by atoms with Crippen molar-refractivity contribution in [3.63, 3.8) is 0 Å². The van der Waals surface area contributed by atoms with Gasteiger partial charge in [0.05, 0.1) is 12.0 Å². The Bertz CT molecular complexity index is 991. The summed E-state index contributed by atoms with van der Waals surface area (Å²) in [6, 6.07) is 12.7. The van der Waals surface area contributed by atoms with Crippen molar-refractivity contribution < 1.29 is 13.2 Å². The van der Waals surface area contributed by atoms with Crippen molar-refractivity contribution in [2.75, 3.05) is 7.11 Å². The van der Waals surface area contributed by atoms with Crippen LogP contribution in [0, 0.1) is 13.8 Å². The molecule has 0 aliphatic rings. The van der Waals surface area contributed by atoms with E-state index in [1.54, 1.807) is 25.3 Å². The monoisotopic (exact) mass is 344 g/mol. The first-order valence-electron chi connectivity index (χ1n) is 7.63. The van der Waals surface area contributed by atoms with Gasteiger partial charge in [-0.1, -0.05) is 18.2 Å². The molecule has 1 heterocycles. The molecule has 0 aliphatic heterocycles. The fourth-order valence-corrected chi connectivity index (χ4v) is 3.91. The largest absolute Gasteiger partial charge is 0.496 e. The third-order valence-electron chi connectivity index (χ3n) is 4.14. The number of para-hydroxylation sites is 1. The quantitative estimate of drug-likeness (QED) is 0.746. The maximum absolute atomic E-state index is 12.6. The van der Waals surface area contributed by atoms with Gasteiger partial charge in [-0.25, -0.2) is 13.1 Å². The van der Waals surface area contributed by atoms with Crippen LogP contribution in [0.3, 0.4) is 0 Å². The first-order valence-corrected chi connectivity index (χ1v) is 9.11. The molecule has 0 saturated carbocycles. The molecule has 3 aromatic rings. The minimum Gasteiger partial charge on any atom is -0.496 e. The second-order valence-corrected chi connectivity index (χ2v) is 7.50. The van der Waals surface area contributed by atoms with E-state index in [4.69, 9.17) is 4.74 Å². The van der Waals surface area contributed by atoms with Gasteiger partial charge in [-0.15, -0.1) is 0 Å². The van der Waals surface area contributed by atoms with Crippen molar-refractivity contribution in [3.8, 4) is 5.75 Å². The van der Waals surface area contributed by atoms with Gasteiger partial charge in [0.15, 0.2) is 0 Å². The second-order valence-electron chi connectivity index (χ2n) is 5.73. The van der Waals surface area contributed by atoms with E-state index in [1.807, 2.05) is 38.1 Å². The highest BCUT2D eigenvalue weighted by Gasteiger charge is 2.17. The molecule has 2 N–H and O–H groups in total. The van der Waals surface area contributed by atoms with Gasteiger partial charge in [-0.2, -0.15) is 0 Å². The van der Waals surface area contributed by atoms with E-state index >= 15 is 0 Å². The highest BCUT2D eigenvalue weighted by Crippen LogP contribution is 2.24. The highest BCUT2D eigenvalue weighted by molar-refractivity contribution is 7.89. The Balaban J connectivity index is 1.87. The van der Waals surface area contributed by atoms with Gasteiger partial charge in [0.2, 0.25) is 10.0 Å². The van der Waals surface area contributed by atoms with Gasteiger partial charge in [0.1, 0.15) is 5.75 Å². The third-order valence-corrected chi connectivity index (χ3v) is 5.54. The molecule has 3 rings (SSSR count). The van der Waals surface area contributed by atoms with Crippen molar-refractivity contribution in [1.82, 2.24) is 9.71 Å². The van der Waals surface area contributed by atoms with Gasteiger partial charge in [0, 0.05) is 23.1 Å². The molecule has 0 saturated heterocycles. The Morgan fingerprint density at radius 2 is 1.88 bits per heavy atom. The summed E-state index contributed by atoms with van der Waals surface area (Å²) in [4.78, 5) is 3.51. The number of H-pyrrole nitrogens is 1. The number of benzene rings is 2. The van der Waals surface area contributed by atoms with Crippen molar-refractivity contribution >= 4 is 20.9 Å². The number of nitrogens with one attached hydrogen (secondary N) is 2. The first-order chi connectivity index (χ1) is 11.4. The second kappa shape index (κ2) is 6.30. The zero-order valence-electron chi connectivity index (χ0n) is 13.9. The average Bonchev–Trinajstić information content (AvgIpc) is 2.88. The number of rotatable bonds is 5. The summed E-state index contributed by atoms with van der Waals surface area (Å²) >= 11 is 0. The lowest BCUT2D eigenvalue weighted by Gasteiger charge is -2.10. The number of sulfonamides is 1. The minimum absolute atomic E-state index is 0.235. The lowest BCUT2D eigenvalue weighted by atomic mass is 10.1. The number of ether oxygens (including phenoxy) is 1. The fourth-order valence-electron chi connectivity index (χ4n) is 2.83. The topological polar surface area (TPSA) is 71.2 Å². The van der Waals surface area contributed by atoms with E-state index in [0.29, 0.717) is 5.75 Å². The van der Waals surface area contributed by atoms with Gasteiger partial charge in [-0.05, 0) is 49.2 Å². The Morgan fingerprint density at radius 1 is 1.12 bits per heavy atom. The molecule has 2 aromatic carbocycles. The maximum atomic E-state index is 12.6. The molecule has 1 aromatic heterocycles. The van der Waals surface area contributed by atoms with Crippen LogP contribution in [0.1, 0.15) is 16.8 Å². The molecule has 0 aliphatic carbocycles. The molecule has 5 nitrogen and oxygen atoms in total. The molecule has 0 fully saturated rings. The summed E-state index contributed by atoms with van der Waals surface area (Å²) in [6.07, 6.45) is 0. The maximum Gasteiger partial charge on any atom is 0.240 e. The van der Waals surface area contributed by atoms with E-state index in [9.17, 15) is 8.42 Å². The van der Waals surface area contributed by atoms with Crippen LogP contribution in [0.15, 0.2) is 47.4 Å². The zero-order chi connectivity index (χ0) is 17.3. The SMILES string of the molecule is COc1ccc(S(=O)(=O)NCc2c(C)[nH]c3ccccc23)cc1C. The predicted molar refractivity (Wildman–Crippen MR) is 94.8 cm³/mol. The van der Waals surface area contributed by atoms with Crippen LogP contribution in [0.4, 0.5) is 0 Å². The number of methoxy groups -OCH3 is 1.